The van der Waals surface area contributed by atoms with E-state index >= 15 is 0 Å². The number of hydrogen-bond acceptors (Lipinski definition) is 4. The second-order valence-corrected chi connectivity index (χ2v) is 7.56. The Kier molecular flexibility index (Phi) is 4.42. The number of hydrogen-bond donors (Lipinski definition) is 2. The lowest BCUT2D eigenvalue weighted by Crippen LogP contribution is -2.13. The van der Waals surface area contributed by atoms with Gasteiger partial charge in [0.05, 0.1) is 10.2 Å². The molecule has 0 saturated carbocycles. The highest BCUT2D eigenvalue weighted by atomic mass is 32.1. The van der Waals surface area contributed by atoms with E-state index in [1.165, 1.54) is 42.2 Å². The number of nitrogens with one attached hydrogen (secondary N) is 2. The maximum Gasteiger partial charge on any atom is 0.255 e. The number of nitrogens with zero attached hydrogens (tertiary/aromatic N) is 1. The van der Waals surface area contributed by atoms with E-state index in [2.05, 4.69) is 21.7 Å². The molecule has 5 nitrogen and oxygen atoms in total. The Hall–Kier alpha value is -2.73. The molecule has 2 aromatic carbocycles. The van der Waals surface area contributed by atoms with E-state index in [9.17, 15) is 9.59 Å². The van der Waals surface area contributed by atoms with Crippen LogP contribution in [-0.2, 0) is 17.6 Å². The Morgan fingerprint density at radius 2 is 1.81 bits per heavy atom. The Labute approximate surface area is 155 Å². The van der Waals surface area contributed by atoms with Crippen molar-refractivity contribution in [3.63, 3.8) is 0 Å². The van der Waals surface area contributed by atoms with E-state index in [1.807, 2.05) is 30.3 Å². The van der Waals surface area contributed by atoms with Crippen LogP contribution in [0.2, 0.25) is 0 Å². The lowest BCUT2D eigenvalue weighted by Gasteiger charge is -2.16. The van der Waals surface area contributed by atoms with Crippen LogP contribution in [0.1, 0.15) is 41.3 Å². The van der Waals surface area contributed by atoms with Crippen molar-refractivity contribution in [2.24, 2.45) is 0 Å². The van der Waals surface area contributed by atoms with Crippen molar-refractivity contribution in [2.45, 2.75) is 32.6 Å². The summed E-state index contributed by atoms with van der Waals surface area (Å²) in [6.07, 6.45) is 4.58. The molecule has 0 spiro atoms. The molecule has 132 valence electrons. The van der Waals surface area contributed by atoms with Crippen LogP contribution in [-0.4, -0.2) is 16.8 Å². The molecule has 0 radical (unpaired) electrons. The second kappa shape index (κ2) is 6.88. The number of aromatic nitrogens is 1. The lowest BCUT2D eigenvalue weighted by molar-refractivity contribution is -0.114. The standard InChI is InChI=1S/C20H19N3O2S/c1-12(24)21-20-23-17-9-8-16(11-18(17)26-20)22-19(25)15-7-6-13-4-2-3-5-14(13)10-15/h6-11H,2-5H2,1H3,(H,22,25)(H,21,23,24). The smallest absolute Gasteiger partial charge is 0.255 e. The average molecular weight is 365 g/mol. The zero-order valence-electron chi connectivity index (χ0n) is 14.5. The van der Waals surface area contributed by atoms with E-state index in [0.717, 1.165) is 28.7 Å². The van der Waals surface area contributed by atoms with Crippen LogP contribution in [0.4, 0.5) is 10.8 Å². The second-order valence-electron chi connectivity index (χ2n) is 6.53. The summed E-state index contributed by atoms with van der Waals surface area (Å²) in [7, 11) is 0. The third-order valence-electron chi connectivity index (χ3n) is 4.54. The first-order valence-corrected chi connectivity index (χ1v) is 9.51. The van der Waals surface area contributed by atoms with Crippen LogP contribution in [0.15, 0.2) is 36.4 Å². The van der Waals surface area contributed by atoms with Crippen LogP contribution < -0.4 is 10.6 Å². The molecule has 26 heavy (non-hydrogen) atoms. The predicted molar refractivity (Wildman–Crippen MR) is 105 cm³/mol. The molecule has 0 aliphatic heterocycles. The Balaban J connectivity index is 1.54. The molecule has 2 amide bonds. The van der Waals surface area contributed by atoms with Crippen molar-refractivity contribution in [3.8, 4) is 0 Å². The lowest BCUT2D eigenvalue weighted by atomic mass is 9.90. The van der Waals surface area contributed by atoms with E-state index in [0.29, 0.717) is 10.7 Å². The van der Waals surface area contributed by atoms with E-state index < -0.39 is 0 Å². The molecule has 1 aliphatic rings. The van der Waals surface area contributed by atoms with Gasteiger partial charge in [-0.2, -0.15) is 0 Å². The molecule has 0 unspecified atom stereocenters. The van der Waals surface area contributed by atoms with Gasteiger partial charge in [-0.15, -0.1) is 0 Å². The van der Waals surface area contributed by atoms with Crippen LogP contribution >= 0.6 is 11.3 Å². The number of thiazole rings is 1. The number of rotatable bonds is 3. The van der Waals surface area contributed by atoms with E-state index in [-0.39, 0.29) is 11.8 Å². The van der Waals surface area contributed by atoms with Gasteiger partial charge in [0, 0.05) is 18.2 Å². The van der Waals surface area contributed by atoms with E-state index in [1.54, 1.807) is 0 Å². The zero-order valence-corrected chi connectivity index (χ0v) is 15.3. The minimum Gasteiger partial charge on any atom is -0.322 e. The molecule has 6 heteroatoms. The SMILES string of the molecule is CC(=O)Nc1nc2ccc(NC(=O)c3ccc4c(c3)CCCC4)cc2s1. The van der Waals surface area contributed by atoms with Crippen molar-refractivity contribution < 1.29 is 9.59 Å². The fraction of sp³-hybridized carbons (Fsp3) is 0.250. The van der Waals surface area contributed by atoms with Gasteiger partial charge in [0.1, 0.15) is 0 Å². The van der Waals surface area contributed by atoms with Crippen molar-refractivity contribution in [2.75, 3.05) is 10.6 Å². The highest BCUT2D eigenvalue weighted by Gasteiger charge is 2.13. The number of aryl methyl sites for hydroxylation is 2. The van der Waals surface area contributed by atoms with Gasteiger partial charge in [-0.3, -0.25) is 9.59 Å². The highest BCUT2D eigenvalue weighted by molar-refractivity contribution is 7.22. The fourth-order valence-corrected chi connectivity index (χ4v) is 4.24. The fourth-order valence-electron chi connectivity index (χ4n) is 3.28. The number of anilines is 2. The van der Waals surface area contributed by atoms with Gasteiger partial charge in [0.25, 0.3) is 5.91 Å². The zero-order chi connectivity index (χ0) is 18.1. The van der Waals surface area contributed by atoms with Gasteiger partial charge in [-0.25, -0.2) is 4.98 Å². The third kappa shape index (κ3) is 3.46. The molecule has 1 aliphatic carbocycles. The molecule has 0 saturated heterocycles. The Morgan fingerprint density at radius 1 is 1.00 bits per heavy atom. The van der Waals surface area contributed by atoms with Gasteiger partial charge in [-0.1, -0.05) is 17.4 Å². The number of carbonyl (C=O) groups is 2. The summed E-state index contributed by atoms with van der Waals surface area (Å²) in [4.78, 5) is 28.1. The molecule has 4 rings (SSSR count). The summed E-state index contributed by atoms with van der Waals surface area (Å²) in [6.45, 7) is 1.45. The Morgan fingerprint density at radius 3 is 2.62 bits per heavy atom. The van der Waals surface area contributed by atoms with Crippen molar-refractivity contribution >= 4 is 44.2 Å². The minimum atomic E-state index is -0.148. The normalized spacial score (nSPS) is 13.3. The summed E-state index contributed by atoms with van der Waals surface area (Å²) in [5.41, 5.74) is 4.86. The van der Waals surface area contributed by atoms with Gasteiger partial charge < -0.3 is 10.6 Å². The number of carbonyl (C=O) groups excluding carboxylic acids is 2. The molecule has 1 heterocycles. The van der Waals surface area contributed by atoms with Crippen LogP contribution in [0, 0.1) is 0 Å². The van der Waals surface area contributed by atoms with Gasteiger partial charge in [0.15, 0.2) is 5.13 Å². The molecule has 3 aromatic rings. The summed E-state index contributed by atoms with van der Waals surface area (Å²) >= 11 is 1.39. The van der Waals surface area contributed by atoms with Crippen molar-refractivity contribution in [1.29, 1.82) is 0 Å². The quantitative estimate of drug-likeness (QED) is 0.723. The molecule has 0 fully saturated rings. The molecule has 0 bridgehead atoms. The van der Waals surface area contributed by atoms with Gasteiger partial charge >= 0.3 is 0 Å². The molecule has 2 N–H and O–H groups in total. The molecular formula is C20H19N3O2S. The maximum atomic E-state index is 12.6. The topological polar surface area (TPSA) is 71.1 Å². The van der Waals surface area contributed by atoms with Crippen molar-refractivity contribution in [1.82, 2.24) is 4.98 Å². The number of fused-ring (bicyclic) bond motifs is 2. The first kappa shape index (κ1) is 16.7. The van der Waals surface area contributed by atoms with Crippen LogP contribution in [0.5, 0.6) is 0 Å². The van der Waals surface area contributed by atoms with E-state index in [4.69, 9.17) is 0 Å². The van der Waals surface area contributed by atoms with Gasteiger partial charge in [0.2, 0.25) is 5.91 Å². The summed E-state index contributed by atoms with van der Waals surface area (Å²) < 4.78 is 0.914. The highest BCUT2D eigenvalue weighted by Crippen LogP contribution is 2.29. The third-order valence-corrected chi connectivity index (χ3v) is 5.47. The summed E-state index contributed by atoms with van der Waals surface area (Å²) in [6, 6.07) is 11.6. The van der Waals surface area contributed by atoms with Crippen molar-refractivity contribution in [3.05, 3.63) is 53.1 Å². The van der Waals surface area contributed by atoms with Gasteiger partial charge in [-0.05, 0) is 67.1 Å². The first-order chi connectivity index (χ1) is 12.6. The molecular weight excluding hydrogens is 346 g/mol. The Bertz CT molecular complexity index is 1010. The maximum absolute atomic E-state index is 12.6. The summed E-state index contributed by atoms with van der Waals surface area (Å²) in [5.74, 6) is -0.255. The first-order valence-electron chi connectivity index (χ1n) is 8.70. The summed E-state index contributed by atoms with van der Waals surface area (Å²) in [5, 5.41) is 6.21. The van der Waals surface area contributed by atoms with Crippen LogP contribution in [0.25, 0.3) is 10.2 Å². The monoisotopic (exact) mass is 365 g/mol. The number of amides is 2. The average Bonchev–Trinajstić information content (AvgIpc) is 3.02. The largest absolute Gasteiger partial charge is 0.322 e. The molecule has 1 aromatic heterocycles. The minimum absolute atomic E-state index is 0.107. The predicted octanol–water partition coefficient (Wildman–Crippen LogP) is 4.39. The van der Waals surface area contributed by atoms with Crippen LogP contribution in [0.3, 0.4) is 0 Å². The number of benzene rings is 2. The molecule has 0 atom stereocenters.